The summed E-state index contributed by atoms with van der Waals surface area (Å²) >= 11 is 0. The average Bonchev–Trinajstić information content (AvgIpc) is 2.48. The van der Waals surface area contributed by atoms with Gasteiger partial charge in [0.2, 0.25) is 0 Å². The number of hydrogen-bond donors (Lipinski definition) is 1. The van der Waals surface area contributed by atoms with E-state index < -0.39 is 5.97 Å². The lowest BCUT2D eigenvalue weighted by Crippen LogP contribution is -1.95. The average molecular weight is 268 g/mol. The largest absolute Gasteiger partial charge is 0.481 e. The van der Waals surface area contributed by atoms with Crippen molar-refractivity contribution in [1.29, 1.82) is 0 Å². The highest BCUT2D eigenvalue weighted by Gasteiger charge is 2.04. The second-order valence-electron chi connectivity index (χ2n) is 4.98. The second-order valence-corrected chi connectivity index (χ2v) is 4.98. The van der Waals surface area contributed by atoms with E-state index >= 15 is 0 Å². The number of carboxylic acids is 1. The zero-order chi connectivity index (χ0) is 14.2. The fourth-order valence-corrected chi connectivity index (χ4v) is 2.41. The van der Waals surface area contributed by atoms with Gasteiger partial charge in [-0.25, -0.2) is 0 Å². The molecule has 0 amide bonds. The van der Waals surface area contributed by atoms with E-state index in [1.54, 1.807) is 0 Å². The van der Waals surface area contributed by atoms with Crippen LogP contribution in [0.15, 0.2) is 54.6 Å². The molecule has 2 nitrogen and oxygen atoms in total. The Morgan fingerprint density at radius 3 is 2.30 bits per heavy atom. The third-order valence-electron chi connectivity index (χ3n) is 3.44. The molecule has 0 bridgehead atoms. The summed E-state index contributed by atoms with van der Waals surface area (Å²) in [6.45, 7) is 0. The lowest BCUT2D eigenvalue weighted by atomic mass is 9.96. The maximum Gasteiger partial charge on any atom is 0.303 e. The standard InChI is InChI=1S/C18H20O2/c19-18(20)14-6-2-5-11-16-12-7-8-13-17(16)15-9-3-1-4-10-15/h1,3-4,7-10,12-13H,2,5-6,11,14H2,(H,19,20). The number of rotatable bonds is 7. The minimum atomic E-state index is -0.699. The summed E-state index contributed by atoms with van der Waals surface area (Å²) in [5.41, 5.74) is 3.87. The summed E-state index contributed by atoms with van der Waals surface area (Å²) in [6.07, 6.45) is 4.06. The number of benzene rings is 2. The van der Waals surface area contributed by atoms with Crippen molar-refractivity contribution in [2.75, 3.05) is 0 Å². The van der Waals surface area contributed by atoms with Crippen molar-refractivity contribution in [2.45, 2.75) is 32.1 Å². The Bertz CT molecular complexity index is 546. The molecule has 2 aromatic rings. The second kappa shape index (κ2) is 7.49. The maximum atomic E-state index is 10.5. The van der Waals surface area contributed by atoms with Gasteiger partial charge >= 0.3 is 5.97 Å². The molecule has 2 aromatic carbocycles. The van der Waals surface area contributed by atoms with Gasteiger partial charge in [0.05, 0.1) is 0 Å². The van der Waals surface area contributed by atoms with E-state index in [9.17, 15) is 4.79 Å². The van der Waals surface area contributed by atoms with Crippen LogP contribution in [0.1, 0.15) is 31.2 Å². The summed E-state index contributed by atoms with van der Waals surface area (Å²) in [6, 6.07) is 18.8. The van der Waals surface area contributed by atoms with Gasteiger partial charge < -0.3 is 5.11 Å². The van der Waals surface area contributed by atoms with E-state index in [-0.39, 0.29) is 6.42 Å². The highest BCUT2D eigenvalue weighted by atomic mass is 16.4. The van der Waals surface area contributed by atoms with Crippen molar-refractivity contribution in [1.82, 2.24) is 0 Å². The van der Waals surface area contributed by atoms with Crippen LogP contribution in [0.3, 0.4) is 0 Å². The van der Waals surface area contributed by atoms with Crippen LogP contribution in [-0.2, 0) is 11.2 Å². The SMILES string of the molecule is O=C(O)CCCCCc1ccccc1-c1ccccc1. The molecule has 0 radical (unpaired) electrons. The fourth-order valence-electron chi connectivity index (χ4n) is 2.41. The summed E-state index contributed by atoms with van der Waals surface area (Å²) in [4.78, 5) is 10.5. The summed E-state index contributed by atoms with van der Waals surface area (Å²) in [5.74, 6) is -0.699. The van der Waals surface area contributed by atoms with Gasteiger partial charge in [0.15, 0.2) is 0 Å². The van der Waals surface area contributed by atoms with Crippen molar-refractivity contribution in [2.24, 2.45) is 0 Å². The van der Waals surface area contributed by atoms with Gasteiger partial charge in [-0.2, -0.15) is 0 Å². The quantitative estimate of drug-likeness (QED) is 0.748. The highest BCUT2D eigenvalue weighted by molar-refractivity contribution is 5.67. The molecule has 0 saturated carbocycles. The fraction of sp³-hybridized carbons (Fsp3) is 0.278. The van der Waals surface area contributed by atoms with Gasteiger partial charge in [-0.3, -0.25) is 4.79 Å². The monoisotopic (exact) mass is 268 g/mol. The molecule has 104 valence electrons. The molecule has 0 aliphatic rings. The molecule has 0 unspecified atom stereocenters. The van der Waals surface area contributed by atoms with Crippen LogP contribution in [0.2, 0.25) is 0 Å². The Balaban J connectivity index is 1.97. The highest BCUT2D eigenvalue weighted by Crippen LogP contribution is 2.24. The molecule has 20 heavy (non-hydrogen) atoms. The molecule has 0 aliphatic heterocycles. The molecule has 2 heteroatoms. The van der Waals surface area contributed by atoms with Crippen molar-refractivity contribution in [3.63, 3.8) is 0 Å². The first-order valence-electron chi connectivity index (χ1n) is 7.12. The normalized spacial score (nSPS) is 10.4. The van der Waals surface area contributed by atoms with Crippen LogP contribution in [0.5, 0.6) is 0 Å². The number of carboxylic acid groups (broad SMARTS) is 1. The number of hydrogen-bond acceptors (Lipinski definition) is 1. The number of aliphatic carboxylic acids is 1. The van der Waals surface area contributed by atoms with Crippen LogP contribution in [0.25, 0.3) is 11.1 Å². The summed E-state index contributed by atoms with van der Waals surface area (Å²) < 4.78 is 0. The minimum Gasteiger partial charge on any atom is -0.481 e. The molecular formula is C18H20O2. The van der Waals surface area contributed by atoms with Crippen molar-refractivity contribution in [3.8, 4) is 11.1 Å². The maximum absolute atomic E-state index is 10.5. The van der Waals surface area contributed by atoms with Gasteiger partial charge in [0.1, 0.15) is 0 Å². The van der Waals surface area contributed by atoms with Gasteiger partial charge in [-0.1, -0.05) is 61.0 Å². The number of carbonyl (C=O) groups is 1. The van der Waals surface area contributed by atoms with Gasteiger partial charge in [0.25, 0.3) is 0 Å². The summed E-state index contributed by atoms with van der Waals surface area (Å²) in [7, 11) is 0. The van der Waals surface area contributed by atoms with Crippen LogP contribution >= 0.6 is 0 Å². The van der Waals surface area contributed by atoms with Gasteiger partial charge in [-0.15, -0.1) is 0 Å². The summed E-state index contributed by atoms with van der Waals surface area (Å²) in [5, 5.41) is 8.62. The van der Waals surface area contributed by atoms with Gasteiger partial charge in [0, 0.05) is 6.42 Å². The predicted octanol–water partition coefficient (Wildman–Crippen LogP) is 4.54. The number of unbranched alkanes of at least 4 members (excludes halogenated alkanes) is 2. The minimum absolute atomic E-state index is 0.278. The van der Waals surface area contributed by atoms with Crippen LogP contribution in [-0.4, -0.2) is 11.1 Å². The topological polar surface area (TPSA) is 37.3 Å². The molecule has 0 spiro atoms. The predicted molar refractivity (Wildman–Crippen MR) is 81.7 cm³/mol. The van der Waals surface area contributed by atoms with E-state index in [0.717, 1.165) is 25.7 Å². The van der Waals surface area contributed by atoms with Crippen molar-refractivity contribution >= 4 is 5.97 Å². The lowest BCUT2D eigenvalue weighted by Gasteiger charge is -2.09. The first-order valence-corrected chi connectivity index (χ1v) is 7.12. The molecular weight excluding hydrogens is 248 g/mol. The molecule has 0 heterocycles. The molecule has 0 aliphatic carbocycles. The van der Waals surface area contributed by atoms with Crippen LogP contribution < -0.4 is 0 Å². The molecule has 0 saturated heterocycles. The Morgan fingerprint density at radius 1 is 0.850 bits per heavy atom. The zero-order valence-electron chi connectivity index (χ0n) is 11.6. The number of aryl methyl sites for hydroxylation is 1. The molecule has 1 N–H and O–H groups in total. The van der Waals surface area contributed by atoms with Crippen molar-refractivity contribution < 1.29 is 9.90 Å². The molecule has 2 rings (SSSR count). The van der Waals surface area contributed by atoms with E-state index in [4.69, 9.17) is 5.11 Å². The van der Waals surface area contributed by atoms with E-state index in [0.29, 0.717) is 0 Å². The third kappa shape index (κ3) is 4.23. The Labute approximate surface area is 120 Å². The van der Waals surface area contributed by atoms with Crippen molar-refractivity contribution in [3.05, 3.63) is 60.2 Å². The smallest absolute Gasteiger partial charge is 0.303 e. The van der Waals surface area contributed by atoms with E-state index in [1.165, 1.54) is 16.7 Å². The first-order chi connectivity index (χ1) is 9.77. The molecule has 0 fully saturated rings. The lowest BCUT2D eigenvalue weighted by molar-refractivity contribution is -0.137. The van der Waals surface area contributed by atoms with Crippen LogP contribution in [0.4, 0.5) is 0 Å². The van der Waals surface area contributed by atoms with E-state index in [1.807, 2.05) is 6.07 Å². The van der Waals surface area contributed by atoms with Gasteiger partial charge in [-0.05, 0) is 36.0 Å². The Kier molecular flexibility index (Phi) is 5.36. The third-order valence-corrected chi connectivity index (χ3v) is 3.44. The van der Waals surface area contributed by atoms with E-state index in [2.05, 4.69) is 48.5 Å². The van der Waals surface area contributed by atoms with Crippen LogP contribution in [0, 0.1) is 0 Å². The Hall–Kier alpha value is -2.09. The first kappa shape index (κ1) is 14.3. The molecule has 0 aromatic heterocycles. The molecule has 0 atom stereocenters. The zero-order valence-corrected chi connectivity index (χ0v) is 11.6. The Morgan fingerprint density at radius 2 is 1.55 bits per heavy atom.